The number of halogens is 1. The number of amides is 2. The van der Waals surface area contributed by atoms with Gasteiger partial charge in [0.05, 0.1) is 6.04 Å². The minimum absolute atomic E-state index is 0.130. The zero-order valence-corrected chi connectivity index (χ0v) is 12.8. The Morgan fingerprint density at radius 2 is 2.05 bits per heavy atom. The Morgan fingerprint density at radius 1 is 1.38 bits per heavy atom. The molecule has 4 nitrogen and oxygen atoms in total. The third-order valence-electron chi connectivity index (χ3n) is 4.10. The van der Waals surface area contributed by atoms with Crippen molar-refractivity contribution in [3.63, 3.8) is 0 Å². The van der Waals surface area contributed by atoms with E-state index in [1.54, 1.807) is 30.9 Å². The highest BCUT2D eigenvalue weighted by Crippen LogP contribution is 2.28. The van der Waals surface area contributed by atoms with Gasteiger partial charge in [0.25, 0.3) is 0 Å². The summed E-state index contributed by atoms with van der Waals surface area (Å²) in [6, 6.07) is 3.55. The molecule has 3 unspecified atom stereocenters. The molecule has 0 radical (unpaired) electrons. The van der Waals surface area contributed by atoms with Crippen molar-refractivity contribution >= 4 is 11.8 Å². The maximum atomic E-state index is 13.8. The van der Waals surface area contributed by atoms with Gasteiger partial charge in [0.1, 0.15) is 17.9 Å². The maximum Gasteiger partial charge on any atom is 0.246 e. The maximum absolute atomic E-state index is 13.8. The number of carbonyl (C=O) groups excluding carboxylic acids is 2. The van der Waals surface area contributed by atoms with Gasteiger partial charge in [-0.05, 0) is 44.4 Å². The second-order valence-electron chi connectivity index (χ2n) is 5.58. The van der Waals surface area contributed by atoms with E-state index < -0.39 is 12.1 Å². The second-order valence-corrected chi connectivity index (χ2v) is 5.58. The molecule has 2 rings (SSSR count). The quantitative estimate of drug-likeness (QED) is 0.929. The lowest BCUT2D eigenvalue weighted by Gasteiger charge is -2.41. The summed E-state index contributed by atoms with van der Waals surface area (Å²) in [5.41, 5.74) is 1.26. The Labute approximate surface area is 124 Å². The first-order chi connectivity index (χ1) is 9.86. The highest BCUT2D eigenvalue weighted by molar-refractivity contribution is 5.96. The third kappa shape index (κ3) is 2.77. The molecule has 114 valence electrons. The van der Waals surface area contributed by atoms with Gasteiger partial charge in [-0.3, -0.25) is 9.59 Å². The third-order valence-corrected chi connectivity index (χ3v) is 4.10. The molecule has 1 N–H and O–H groups in total. The number of carbonyl (C=O) groups is 2. The number of benzene rings is 1. The van der Waals surface area contributed by atoms with Crippen LogP contribution in [-0.2, 0) is 9.59 Å². The van der Waals surface area contributed by atoms with Crippen LogP contribution in [0.2, 0.25) is 0 Å². The van der Waals surface area contributed by atoms with E-state index in [-0.39, 0.29) is 23.7 Å². The van der Waals surface area contributed by atoms with Crippen LogP contribution in [0.3, 0.4) is 0 Å². The van der Waals surface area contributed by atoms with Crippen LogP contribution in [0.25, 0.3) is 0 Å². The van der Waals surface area contributed by atoms with Crippen molar-refractivity contribution in [3.8, 4) is 0 Å². The largest absolute Gasteiger partial charge is 0.343 e. The molecule has 0 spiro atoms. The standard InChI is InChI=1S/C16H21FN2O2/c1-5-14-15(20)18-10(3)16(21)19(14)11(4)12-7-6-9(2)13(17)8-12/h6-8,10-11,14H,5H2,1-4H3,(H,18,20). The van der Waals surface area contributed by atoms with E-state index >= 15 is 0 Å². The smallest absolute Gasteiger partial charge is 0.246 e. The zero-order valence-electron chi connectivity index (χ0n) is 12.8. The number of rotatable bonds is 3. The Morgan fingerprint density at radius 3 is 2.62 bits per heavy atom. The molecule has 1 aromatic rings. The van der Waals surface area contributed by atoms with E-state index in [1.807, 2.05) is 13.8 Å². The predicted octanol–water partition coefficient (Wildman–Crippen LogP) is 2.32. The first-order valence-corrected chi connectivity index (χ1v) is 7.25. The summed E-state index contributed by atoms with van der Waals surface area (Å²) in [5.74, 6) is -0.576. The highest BCUT2D eigenvalue weighted by atomic mass is 19.1. The van der Waals surface area contributed by atoms with E-state index in [1.165, 1.54) is 6.07 Å². The predicted molar refractivity (Wildman–Crippen MR) is 78.1 cm³/mol. The molecular formula is C16H21FN2O2. The van der Waals surface area contributed by atoms with Crippen molar-refractivity contribution < 1.29 is 14.0 Å². The molecule has 0 aromatic heterocycles. The first kappa shape index (κ1) is 15.5. The first-order valence-electron chi connectivity index (χ1n) is 7.25. The molecule has 21 heavy (non-hydrogen) atoms. The highest BCUT2D eigenvalue weighted by Gasteiger charge is 2.40. The Hall–Kier alpha value is -1.91. The zero-order chi connectivity index (χ0) is 15.7. The number of hydrogen-bond donors (Lipinski definition) is 1. The monoisotopic (exact) mass is 292 g/mol. The van der Waals surface area contributed by atoms with Crippen molar-refractivity contribution in [3.05, 3.63) is 35.1 Å². The Kier molecular flexibility index (Phi) is 4.30. The van der Waals surface area contributed by atoms with Crippen molar-refractivity contribution in [2.24, 2.45) is 0 Å². The molecule has 1 aliphatic heterocycles. The summed E-state index contributed by atoms with van der Waals surface area (Å²) in [7, 11) is 0. The summed E-state index contributed by atoms with van der Waals surface area (Å²) in [6.07, 6.45) is 0.531. The van der Waals surface area contributed by atoms with E-state index in [4.69, 9.17) is 0 Å². The molecule has 5 heteroatoms. The second kappa shape index (κ2) is 5.84. The number of aryl methyl sites for hydroxylation is 1. The number of hydrogen-bond acceptors (Lipinski definition) is 2. The van der Waals surface area contributed by atoms with E-state index in [9.17, 15) is 14.0 Å². The lowest BCUT2D eigenvalue weighted by Crippen LogP contribution is -2.62. The van der Waals surface area contributed by atoms with Crippen molar-refractivity contribution in [2.45, 2.75) is 52.2 Å². The topological polar surface area (TPSA) is 49.4 Å². The van der Waals surface area contributed by atoms with E-state index in [0.29, 0.717) is 17.5 Å². The van der Waals surface area contributed by atoms with Crippen LogP contribution < -0.4 is 5.32 Å². The molecule has 1 heterocycles. The van der Waals surface area contributed by atoms with Gasteiger partial charge >= 0.3 is 0 Å². The average Bonchev–Trinajstić information content (AvgIpc) is 2.44. The van der Waals surface area contributed by atoms with E-state index in [0.717, 1.165) is 0 Å². The van der Waals surface area contributed by atoms with Crippen LogP contribution in [0.15, 0.2) is 18.2 Å². The lowest BCUT2D eigenvalue weighted by molar-refractivity contribution is -0.151. The molecule has 3 atom stereocenters. The van der Waals surface area contributed by atoms with E-state index in [2.05, 4.69) is 5.32 Å². The molecule has 1 aromatic carbocycles. The van der Waals surface area contributed by atoms with Gasteiger partial charge in [0, 0.05) is 0 Å². The van der Waals surface area contributed by atoms with Crippen LogP contribution in [0.1, 0.15) is 44.4 Å². The lowest BCUT2D eigenvalue weighted by atomic mass is 9.98. The number of nitrogens with one attached hydrogen (secondary N) is 1. The van der Waals surface area contributed by atoms with Gasteiger partial charge < -0.3 is 10.2 Å². The average molecular weight is 292 g/mol. The summed E-state index contributed by atoms with van der Waals surface area (Å²) in [5, 5.41) is 2.68. The van der Waals surface area contributed by atoms with Crippen molar-refractivity contribution in [1.82, 2.24) is 10.2 Å². The Bertz CT molecular complexity index is 573. The van der Waals surface area contributed by atoms with Crippen LogP contribution in [0.5, 0.6) is 0 Å². The fourth-order valence-corrected chi connectivity index (χ4v) is 2.75. The van der Waals surface area contributed by atoms with Gasteiger partial charge in [0.2, 0.25) is 11.8 Å². The molecular weight excluding hydrogens is 271 g/mol. The van der Waals surface area contributed by atoms with Gasteiger partial charge in [-0.1, -0.05) is 19.1 Å². The molecule has 0 bridgehead atoms. The minimum atomic E-state index is -0.543. The van der Waals surface area contributed by atoms with Gasteiger partial charge in [-0.15, -0.1) is 0 Å². The summed E-state index contributed by atoms with van der Waals surface area (Å²) >= 11 is 0. The Balaban J connectivity index is 2.37. The van der Waals surface area contributed by atoms with Crippen LogP contribution in [-0.4, -0.2) is 28.8 Å². The summed E-state index contributed by atoms with van der Waals surface area (Å²) in [4.78, 5) is 26.1. The molecule has 2 amide bonds. The number of nitrogens with zero attached hydrogens (tertiary/aromatic N) is 1. The minimum Gasteiger partial charge on any atom is -0.343 e. The van der Waals surface area contributed by atoms with Crippen molar-refractivity contribution in [1.29, 1.82) is 0 Å². The van der Waals surface area contributed by atoms with Crippen LogP contribution in [0, 0.1) is 12.7 Å². The van der Waals surface area contributed by atoms with Crippen LogP contribution in [0.4, 0.5) is 4.39 Å². The van der Waals surface area contributed by atoms with Crippen LogP contribution >= 0.6 is 0 Å². The van der Waals surface area contributed by atoms with Gasteiger partial charge in [-0.2, -0.15) is 0 Å². The van der Waals surface area contributed by atoms with Gasteiger partial charge in [-0.25, -0.2) is 4.39 Å². The molecule has 0 saturated carbocycles. The fourth-order valence-electron chi connectivity index (χ4n) is 2.75. The number of piperazine rings is 1. The van der Waals surface area contributed by atoms with Gasteiger partial charge in [0.15, 0.2) is 0 Å². The normalized spacial score (nSPS) is 24.0. The summed E-state index contributed by atoms with van der Waals surface area (Å²) in [6.45, 7) is 7.06. The SMILES string of the molecule is CCC1C(=O)NC(C)C(=O)N1C(C)c1ccc(C)c(F)c1. The fraction of sp³-hybridized carbons (Fsp3) is 0.500. The molecule has 0 aliphatic carbocycles. The molecule has 1 aliphatic rings. The molecule has 1 saturated heterocycles. The molecule has 1 fully saturated rings. The van der Waals surface area contributed by atoms with Crippen molar-refractivity contribution in [2.75, 3.05) is 0 Å². The summed E-state index contributed by atoms with van der Waals surface area (Å²) < 4.78 is 13.8.